The van der Waals surface area contributed by atoms with E-state index in [-0.39, 0.29) is 17.5 Å². The first-order valence-electron chi connectivity index (χ1n) is 5.51. The van der Waals surface area contributed by atoms with Crippen LogP contribution >= 0.6 is 0 Å². The highest BCUT2D eigenvalue weighted by molar-refractivity contribution is 7.89. The lowest BCUT2D eigenvalue weighted by Crippen LogP contribution is -2.41. The van der Waals surface area contributed by atoms with Crippen LogP contribution in [0.25, 0.3) is 0 Å². The highest BCUT2D eigenvalue weighted by Gasteiger charge is 2.33. The second-order valence-corrected chi connectivity index (χ2v) is 5.91. The molecule has 6 heteroatoms. The zero-order chi connectivity index (χ0) is 12.5. The Kier molecular flexibility index (Phi) is 3.46. The maximum atomic E-state index is 13.4. The van der Waals surface area contributed by atoms with Crippen LogP contribution in [0.15, 0.2) is 29.2 Å². The number of rotatable bonds is 5. The molecule has 4 nitrogen and oxygen atoms in total. The lowest BCUT2D eigenvalue weighted by atomic mass is 10.2. The van der Waals surface area contributed by atoms with Crippen LogP contribution in [0.3, 0.4) is 0 Å². The molecule has 0 spiro atoms. The Morgan fingerprint density at radius 1 is 1.41 bits per heavy atom. The van der Waals surface area contributed by atoms with Crippen LogP contribution in [-0.2, 0) is 10.0 Å². The van der Waals surface area contributed by atoms with Crippen molar-refractivity contribution in [3.8, 4) is 0 Å². The van der Waals surface area contributed by atoms with Gasteiger partial charge in [-0.2, -0.15) is 0 Å². The molecule has 0 bridgehead atoms. The van der Waals surface area contributed by atoms with Crippen molar-refractivity contribution in [1.29, 1.82) is 0 Å². The highest BCUT2D eigenvalue weighted by atomic mass is 32.2. The minimum Gasteiger partial charge on any atom is -0.329 e. The zero-order valence-corrected chi connectivity index (χ0v) is 10.1. The molecule has 0 amide bonds. The number of nitrogens with two attached hydrogens (primary N) is 1. The molecule has 1 aliphatic rings. The smallest absolute Gasteiger partial charge is 0.243 e. The van der Waals surface area contributed by atoms with Crippen molar-refractivity contribution in [2.45, 2.75) is 23.8 Å². The molecule has 1 atom stereocenters. The summed E-state index contributed by atoms with van der Waals surface area (Å²) in [6.45, 7) is 0.234. The summed E-state index contributed by atoms with van der Waals surface area (Å²) in [5.74, 6) is -0.451. The van der Waals surface area contributed by atoms with E-state index in [9.17, 15) is 12.8 Å². The average Bonchev–Trinajstić information content (AvgIpc) is 3.10. The predicted octanol–water partition coefficient (Wildman–Crippen LogP) is 0.841. The molecule has 1 saturated carbocycles. The fraction of sp³-hybridized carbons (Fsp3) is 0.455. The van der Waals surface area contributed by atoms with E-state index in [1.165, 1.54) is 18.2 Å². The lowest BCUT2D eigenvalue weighted by Gasteiger charge is -2.16. The molecule has 1 aliphatic carbocycles. The van der Waals surface area contributed by atoms with Crippen LogP contribution in [0.5, 0.6) is 0 Å². The molecule has 0 saturated heterocycles. The topological polar surface area (TPSA) is 72.2 Å². The van der Waals surface area contributed by atoms with E-state index < -0.39 is 15.8 Å². The molecule has 2 rings (SSSR count). The number of hydrogen-bond donors (Lipinski definition) is 2. The van der Waals surface area contributed by atoms with Crippen molar-refractivity contribution >= 4 is 10.0 Å². The Labute approximate surface area is 100 Å². The largest absolute Gasteiger partial charge is 0.329 e. The Bertz CT molecular complexity index is 500. The number of halogens is 1. The molecule has 0 aliphatic heterocycles. The third-order valence-corrected chi connectivity index (χ3v) is 4.40. The quantitative estimate of drug-likeness (QED) is 0.822. The van der Waals surface area contributed by atoms with Crippen molar-refractivity contribution in [1.82, 2.24) is 4.72 Å². The summed E-state index contributed by atoms with van der Waals surface area (Å²) in [6, 6.07) is 5.03. The van der Waals surface area contributed by atoms with Gasteiger partial charge < -0.3 is 5.73 Å². The average molecular weight is 258 g/mol. The van der Waals surface area contributed by atoms with Crippen molar-refractivity contribution in [2.24, 2.45) is 11.7 Å². The van der Waals surface area contributed by atoms with Gasteiger partial charge in [-0.15, -0.1) is 0 Å². The third kappa shape index (κ3) is 2.83. The van der Waals surface area contributed by atoms with E-state index in [1.807, 2.05) is 0 Å². The van der Waals surface area contributed by atoms with E-state index in [2.05, 4.69) is 4.72 Å². The molecule has 0 aromatic heterocycles. The van der Waals surface area contributed by atoms with E-state index in [4.69, 9.17) is 5.73 Å². The normalized spacial score (nSPS) is 18.0. The Hall–Kier alpha value is -0.980. The Balaban J connectivity index is 2.21. The highest BCUT2D eigenvalue weighted by Crippen LogP contribution is 2.33. The summed E-state index contributed by atoms with van der Waals surface area (Å²) < 4.78 is 39.8. The third-order valence-electron chi connectivity index (χ3n) is 2.88. The van der Waals surface area contributed by atoms with E-state index in [0.717, 1.165) is 18.9 Å². The fourth-order valence-corrected chi connectivity index (χ4v) is 3.16. The number of nitrogens with one attached hydrogen (secondary N) is 1. The summed E-state index contributed by atoms with van der Waals surface area (Å²) in [6.07, 6.45) is 1.95. The van der Waals surface area contributed by atoms with E-state index >= 15 is 0 Å². The van der Waals surface area contributed by atoms with Crippen molar-refractivity contribution in [3.63, 3.8) is 0 Å². The first kappa shape index (κ1) is 12.5. The van der Waals surface area contributed by atoms with Gasteiger partial charge in [-0.05, 0) is 30.9 Å². The maximum absolute atomic E-state index is 13.4. The van der Waals surface area contributed by atoms with Gasteiger partial charge in [0.15, 0.2) is 0 Å². The van der Waals surface area contributed by atoms with Gasteiger partial charge in [0, 0.05) is 12.6 Å². The summed E-state index contributed by atoms with van der Waals surface area (Å²) in [4.78, 5) is -0.320. The lowest BCUT2D eigenvalue weighted by molar-refractivity contribution is 0.511. The molecule has 1 unspecified atom stereocenters. The summed E-state index contributed by atoms with van der Waals surface area (Å²) in [5, 5.41) is 0. The second kappa shape index (κ2) is 4.72. The monoisotopic (exact) mass is 258 g/mol. The van der Waals surface area contributed by atoms with Crippen LogP contribution < -0.4 is 10.5 Å². The van der Waals surface area contributed by atoms with Crippen LogP contribution in [0.1, 0.15) is 12.8 Å². The van der Waals surface area contributed by atoms with Crippen LogP contribution in [0, 0.1) is 11.7 Å². The summed E-state index contributed by atoms with van der Waals surface area (Å²) in [5.41, 5.74) is 5.52. The molecular weight excluding hydrogens is 243 g/mol. The second-order valence-electron chi connectivity index (χ2n) is 4.23. The Morgan fingerprint density at radius 3 is 2.59 bits per heavy atom. The van der Waals surface area contributed by atoms with E-state index in [0.29, 0.717) is 5.92 Å². The minimum atomic E-state index is -3.81. The summed E-state index contributed by atoms with van der Waals surface area (Å²) in [7, 11) is -3.81. The zero-order valence-electron chi connectivity index (χ0n) is 9.27. The molecule has 94 valence electrons. The standard InChI is InChI=1S/C11H15FN2O2S/c12-9-3-1-2-4-11(9)17(15,16)14-10(7-13)8-5-6-8/h1-4,8,10,14H,5-7,13H2. The van der Waals surface area contributed by atoms with Crippen LogP contribution in [0.4, 0.5) is 4.39 Å². The number of hydrogen-bond acceptors (Lipinski definition) is 3. The van der Waals surface area contributed by atoms with Crippen LogP contribution in [-0.4, -0.2) is 21.0 Å². The van der Waals surface area contributed by atoms with Gasteiger partial charge in [-0.3, -0.25) is 0 Å². The summed E-state index contributed by atoms with van der Waals surface area (Å²) >= 11 is 0. The molecule has 17 heavy (non-hydrogen) atoms. The molecule has 0 heterocycles. The van der Waals surface area contributed by atoms with Crippen molar-refractivity contribution < 1.29 is 12.8 Å². The van der Waals surface area contributed by atoms with Gasteiger partial charge in [-0.1, -0.05) is 12.1 Å². The predicted molar refractivity (Wildman–Crippen MR) is 62.3 cm³/mol. The van der Waals surface area contributed by atoms with Crippen LogP contribution in [0.2, 0.25) is 0 Å². The van der Waals surface area contributed by atoms with Gasteiger partial charge in [0.25, 0.3) is 0 Å². The molecule has 1 aromatic carbocycles. The maximum Gasteiger partial charge on any atom is 0.243 e. The SMILES string of the molecule is NCC(NS(=O)(=O)c1ccccc1F)C1CC1. The minimum absolute atomic E-state index is 0.234. The molecule has 3 N–H and O–H groups in total. The molecule has 1 fully saturated rings. The number of benzene rings is 1. The van der Waals surface area contributed by atoms with Gasteiger partial charge in [-0.25, -0.2) is 17.5 Å². The Morgan fingerprint density at radius 2 is 2.06 bits per heavy atom. The van der Waals surface area contributed by atoms with Crippen molar-refractivity contribution in [3.05, 3.63) is 30.1 Å². The first-order chi connectivity index (χ1) is 8.04. The molecule has 1 aromatic rings. The molecule has 0 radical (unpaired) electrons. The van der Waals surface area contributed by atoms with Gasteiger partial charge in [0.1, 0.15) is 10.7 Å². The van der Waals surface area contributed by atoms with E-state index in [1.54, 1.807) is 0 Å². The van der Waals surface area contributed by atoms with Gasteiger partial charge >= 0.3 is 0 Å². The molecular formula is C11H15FN2O2S. The first-order valence-corrected chi connectivity index (χ1v) is 7.00. The van der Waals surface area contributed by atoms with Gasteiger partial charge in [0.2, 0.25) is 10.0 Å². The fourth-order valence-electron chi connectivity index (χ4n) is 1.76. The van der Waals surface area contributed by atoms with Crippen molar-refractivity contribution in [2.75, 3.05) is 6.54 Å². The van der Waals surface area contributed by atoms with Gasteiger partial charge in [0.05, 0.1) is 0 Å². The number of sulfonamides is 1.